The van der Waals surface area contributed by atoms with Gasteiger partial charge in [-0.05, 0) is 63.6 Å². The maximum absolute atomic E-state index is 13.9. The average Bonchev–Trinajstić information content (AvgIpc) is 3.30. The van der Waals surface area contributed by atoms with Crippen LogP contribution < -0.4 is 5.32 Å². The van der Waals surface area contributed by atoms with Gasteiger partial charge >= 0.3 is 0 Å². The summed E-state index contributed by atoms with van der Waals surface area (Å²) in [5.74, 6) is 2.60. The lowest BCUT2D eigenvalue weighted by molar-refractivity contribution is 0.373. The predicted molar refractivity (Wildman–Crippen MR) is 124 cm³/mol. The molecule has 0 aliphatic rings. The molecule has 1 aromatic carbocycles. The maximum Gasteiger partial charge on any atom is 0.227 e. The summed E-state index contributed by atoms with van der Waals surface area (Å²) >= 11 is 6.04. The summed E-state index contributed by atoms with van der Waals surface area (Å²) in [5.41, 5.74) is 1.18. The standard InChI is InChI=1S/C23H25ClFN7O/c1-14-26-21(33-31-14)9-8-20-28-22(18-6-5-7-19(27-18)29-23(2,3)4)30-32(20)13-15-10-16(24)12-17(25)11-15/h5-7,10-12H,8-9,13H2,1-4H3,(H,27,29). The quantitative estimate of drug-likeness (QED) is 0.412. The first-order valence-electron chi connectivity index (χ1n) is 10.6. The van der Waals surface area contributed by atoms with Crippen molar-refractivity contribution in [1.82, 2.24) is 29.9 Å². The van der Waals surface area contributed by atoms with Crippen LogP contribution in [0.1, 0.15) is 43.9 Å². The van der Waals surface area contributed by atoms with E-state index in [0.29, 0.717) is 59.0 Å². The third kappa shape index (κ3) is 6.13. The zero-order valence-corrected chi connectivity index (χ0v) is 19.7. The van der Waals surface area contributed by atoms with E-state index in [4.69, 9.17) is 21.1 Å². The number of rotatable bonds is 7. The average molecular weight is 470 g/mol. The number of anilines is 1. The van der Waals surface area contributed by atoms with E-state index < -0.39 is 5.82 Å². The zero-order valence-electron chi connectivity index (χ0n) is 18.9. The Hall–Kier alpha value is -3.33. The van der Waals surface area contributed by atoms with E-state index >= 15 is 0 Å². The van der Waals surface area contributed by atoms with Crippen LogP contribution in [0.4, 0.5) is 10.2 Å². The van der Waals surface area contributed by atoms with Crippen molar-refractivity contribution in [2.24, 2.45) is 0 Å². The molecule has 0 amide bonds. The Balaban J connectivity index is 1.66. The van der Waals surface area contributed by atoms with Crippen LogP contribution in [0.2, 0.25) is 5.02 Å². The van der Waals surface area contributed by atoms with Crippen LogP contribution in [0.5, 0.6) is 0 Å². The third-order valence-electron chi connectivity index (χ3n) is 4.62. The number of hydrogen-bond acceptors (Lipinski definition) is 7. The van der Waals surface area contributed by atoms with Gasteiger partial charge in [-0.2, -0.15) is 4.98 Å². The van der Waals surface area contributed by atoms with E-state index in [9.17, 15) is 4.39 Å². The Labute approximate surface area is 196 Å². The van der Waals surface area contributed by atoms with E-state index in [-0.39, 0.29) is 5.54 Å². The van der Waals surface area contributed by atoms with E-state index in [2.05, 4.69) is 46.3 Å². The topological polar surface area (TPSA) is 94.5 Å². The first kappa shape index (κ1) is 22.8. The number of nitrogens with one attached hydrogen (secondary N) is 1. The van der Waals surface area contributed by atoms with Crippen LogP contribution in [-0.4, -0.2) is 35.4 Å². The summed E-state index contributed by atoms with van der Waals surface area (Å²) in [6.07, 6.45) is 1.01. The monoisotopic (exact) mass is 469 g/mol. The molecule has 0 aliphatic carbocycles. The fraction of sp³-hybridized carbons (Fsp3) is 0.348. The van der Waals surface area contributed by atoms with Crippen LogP contribution in [0.25, 0.3) is 11.5 Å². The van der Waals surface area contributed by atoms with Crippen molar-refractivity contribution in [3.05, 3.63) is 70.3 Å². The first-order chi connectivity index (χ1) is 15.6. The molecular formula is C23H25ClFN7O. The Kier molecular flexibility index (Phi) is 6.42. The molecule has 0 radical (unpaired) electrons. The first-order valence-corrected chi connectivity index (χ1v) is 11.0. The summed E-state index contributed by atoms with van der Waals surface area (Å²) in [5, 5.41) is 12.2. The second kappa shape index (κ2) is 9.27. The van der Waals surface area contributed by atoms with Crippen LogP contribution in [0.3, 0.4) is 0 Å². The molecule has 3 heterocycles. The van der Waals surface area contributed by atoms with Gasteiger partial charge in [0.1, 0.15) is 23.2 Å². The Morgan fingerprint density at radius 1 is 1.09 bits per heavy atom. The highest BCUT2D eigenvalue weighted by Crippen LogP contribution is 2.21. The van der Waals surface area contributed by atoms with Crippen molar-refractivity contribution < 1.29 is 8.91 Å². The third-order valence-corrected chi connectivity index (χ3v) is 4.83. The molecule has 0 saturated heterocycles. The molecule has 3 aromatic heterocycles. The van der Waals surface area contributed by atoms with Crippen LogP contribution >= 0.6 is 11.6 Å². The molecule has 0 spiro atoms. The second-order valence-electron chi connectivity index (χ2n) is 8.81. The van der Waals surface area contributed by atoms with Gasteiger partial charge in [0.2, 0.25) is 5.89 Å². The molecule has 0 fully saturated rings. The molecule has 4 aromatic rings. The Bertz CT molecular complexity index is 1240. The molecule has 0 aliphatic heterocycles. The van der Waals surface area contributed by atoms with Gasteiger partial charge in [0.15, 0.2) is 11.6 Å². The van der Waals surface area contributed by atoms with Gasteiger partial charge in [-0.15, -0.1) is 5.10 Å². The Morgan fingerprint density at radius 3 is 2.61 bits per heavy atom. The summed E-state index contributed by atoms with van der Waals surface area (Å²) in [7, 11) is 0. The minimum Gasteiger partial charge on any atom is -0.365 e. The maximum atomic E-state index is 13.9. The number of aryl methyl sites for hydroxylation is 3. The Morgan fingerprint density at radius 2 is 1.91 bits per heavy atom. The second-order valence-corrected chi connectivity index (χ2v) is 9.24. The van der Waals surface area contributed by atoms with E-state index in [1.165, 1.54) is 12.1 Å². The molecule has 0 atom stereocenters. The van der Waals surface area contributed by atoms with Gasteiger partial charge in [0.05, 0.1) is 6.54 Å². The highest BCUT2D eigenvalue weighted by atomic mass is 35.5. The number of halogens is 2. The summed E-state index contributed by atoms with van der Waals surface area (Å²) in [6, 6.07) is 10.1. The van der Waals surface area contributed by atoms with Gasteiger partial charge < -0.3 is 9.84 Å². The van der Waals surface area contributed by atoms with Crippen molar-refractivity contribution in [1.29, 1.82) is 0 Å². The molecule has 0 bridgehead atoms. The summed E-state index contributed by atoms with van der Waals surface area (Å²) in [4.78, 5) is 13.6. The molecule has 0 unspecified atom stereocenters. The SMILES string of the molecule is Cc1noc(CCc2nc(-c3cccc(NC(C)(C)C)n3)nn2Cc2cc(F)cc(Cl)c2)n1. The largest absolute Gasteiger partial charge is 0.365 e. The minimum atomic E-state index is -0.400. The number of pyridine rings is 1. The van der Waals surface area contributed by atoms with E-state index in [0.717, 1.165) is 5.82 Å². The van der Waals surface area contributed by atoms with Gasteiger partial charge in [0.25, 0.3) is 0 Å². The minimum absolute atomic E-state index is 0.136. The number of hydrogen-bond donors (Lipinski definition) is 1. The molecule has 0 saturated carbocycles. The van der Waals surface area contributed by atoms with Gasteiger partial charge in [-0.3, -0.25) is 0 Å². The van der Waals surface area contributed by atoms with Crippen LogP contribution in [0.15, 0.2) is 40.9 Å². The van der Waals surface area contributed by atoms with Gasteiger partial charge in [-0.25, -0.2) is 19.0 Å². The molecule has 172 valence electrons. The predicted octanol–water partition coefficient (Wildman–Crippen LogP) is 4.87. The van der Waals surface area contributed by atoms with Crippen molar-refractivity contribution in [2.75, 3.05) is 5.32 Å². The lowest BCUT2D eigenvalue weighted by atomic mass is 10.1. The number of aromatic nitrogens is 6. The molecule has 1 N–H and O–H groups in total. The van der Waals surface area contributed by atoms with E-state index in [1.54, 1.807) is 17.7 Å². The van der Waals surface area contributed by atoms with Crippen molar-refractivity contribution in [3.63, 3.8) is 0 Å². The van der Waals surface area contributed by atoms with Crippen molar-refractivity contribution in [3.8, 4) is 11.5 Å². The molecule has 4 rings (SSSR count). The van der Waals surface area contributed by atoms with Gasteiger partial charge in [-0.1, -0.05) is 22.8 Å². The summed E-state index contributed by atoms with van der Waals surface area (Å²) in [6.45, 7) is 8.27. The summed E-state index contributed by atoms with van der Waals surface area (Å²) < 4.78 is 20.8. The van der Waals surface area contributed by atoms with Crippen LogP contribution in [0, 0.1) is 12.7 Å². The van der Waals surface area contributed by atoms with Crippen molar-refractivity contribution >= 4 is 17.4 Å². The highest BCUT2D eigenvalue weighted by molar-refractivity contribution is 6.30. The lowest BCUT2D eigenvalue weighted by Crippen LogP contribution is -2.26. The molecule has 33 heavy (non-hydrogen) atoms. The number of nitrogens with zero attached hydrogens (tertiary/aromatic N) is 6. The number of benzene rings is 1. The smallest absolute Gasteiger partial charge is 0.227 e. The molecule has 8 nitrogen and oxygen atoms in total. The van der Waals surface area contributed by atoms with Crippen LogP contribution in [-0.2, 0) is 19.4 Å². The van der Waals surface area contributed by atoms with Gasteiger partial charge in [0, 0.05) is 23.4 Å². The molecule has 10 heteroatoms. The molecular weight excluding hydrogens is 445 g/mol. The fourth-order valence-electron chi connectivity index (χ4n) is 3.34. The lowest BCUT2D eigenvalue weighted by Gasteiger charge is -2.21. The van der Waals surface area contributed by atoms with E-state index in [1.807, 2.05) is 18.2 Å². The highest BCUT2D eigenvalue weighted by Gasteiger charge is 2.17. The normalized spacial score (nSPS) is 11.7. The fourth-order valence-corrected chi connectivity index (χ4v) is 3.59. The zero-order chi connectivity index (χ0) is 23.6. The van der Waals surface area contributed by atoms with Crippen molar-refractivity contribution in [2.45, 2.75) is 52.6 Å².